The fourth-order valence-electron chi connectivity index (χ4n) is 2.24. The molecule has 1 unspecified atom stereocenters. The van der Waals surface area contributed by atoms with Crippen molar-refractivity contribution in [3.05, 3.63) is 59.2 Å². The molecular formula is C16H21N3. The van der Waals surface area contributed by atoms with E-state index in [1.165, 1.54) is 16.7 Å². The van der Waals surface area contributed by atoms with Gasteiger partial charge in [0.15, 0.2) is 0 Å². The summed E-state index contributed by atoms with van der Waals surface area (Å²) in [6, 6.07) is 6.61. The molecule has 100 valence electrons. The van der Waals surface area contributed by atoms with Crippen molar-refractivity contribution in [2.45, 2.75) is 33.2 Å². The van der Waals surface area contributed by atoms with Gasteiger partial charge in [-0.25, -0.2) is 9.97 Å². The Morgan fingerprint density at radius 3 is 2.58 bits per heavy atom. The highest BCUT2D eigenvalue weighted by molar-refractivity contribution is 5.39. The minimum Gasteiger partial charge on any atom is -0.306 e. The molecule has 2 rings (SSSR count). The Morgan fingerprint density at radius 2 is 1.89 bits per heavy atom. The van der Waals surface area contributed by atoms with Gasteiger partial charge in [-0.15, -0.1) is 0 Å². The number of nitrogens with one attached hydrogen (secondary N) is 1. The highest BCUT2D eigenvalue weighted by atomic mass is 14.9. The Hall–Kier alpha value is -1.74. The Balaban J connectivity index is 2.40. The summed E-state index contributed by atoms with van der Waals surface area (Å²) in [6.45, 7) is 7.48. The van der Waals surface area contributed by atoms with E-state index < -0.39 is 0 Å². The second-order valence-electron chi connectivity index (χ2n) is 4.85. The predicted octanol–water partition coefficient (Wildman–Crippen LogP) is 3.18. The van der Waals surface area contributed by atoms with Crippen LogP contribution in [0.15, 0.2) is 36.9 Å². The molecule has 0 spiro atoms. The van der Waals surface area contributed by atoms with Gasteiger partial charge in [0.05, 0.1) is 6.04 Å². The molecule has 0 aliphatic rings. The van der Waals surface area contributed by atoms with Gasteiger partial charge in [0.25, 0.3) is 0 Å². The average Bonchev–Trinajstić information content (AvgIpc) is 2.45. The maximum absolute atomic E-state index is 4.14. The minimum atomic E-state index is 0.168. The van der Waals surface area contributed by atoms with Gasteiger partial charge in [-0.3, -0.25) is 0 Å². The number of rotatable bonds is 5. The molecule has 0 saturated carbocycles. The molecule has 0 radical (unpaired) electrons. The summed E-state index contributed by atoms with van der Waals surface area (Å²) >= 11 is 0. The Kier molecular flexibility index (Phi) is 4.63. The summed E-state index contributed by atoms with van der Waals surface area (Å²) in [5.41, 5.74) is 5.07. The van der Waals surface area contributed by atoms with Gasteiger partial charge in [-0.05, 0) is 43.5 Å². The fraction of sp³-hybridized carbons (Fsp3) is 0.375. The van der Waals surface area contributed by atoms with Crippen LogP contribution in [0, 0.1) is 13.8 Å². The lowest BCUT2D eigenvalue weighted by Gasteiger charge is -2.21. The van der Waals surface area contributed by atoms with E-state index in [1.807, 2.05) is 12.4 Å². The van der Waals surface area contributed by atoms with Crippen LogP contribution in [0.25, 0.3) is 0 Å². The summed E-state index contributed by atoms with van der Waals surface area (Å²) in [7, 11) is 0. The summed E-state index contributed by atoms with van der Waals surface area (Å²) in [5.74, 6) is 0. The molecule has 19 heavy (non-hydrogen) atoms. The first kappa shape index (κ1) is 13.7. The van der Waals surface area contributed by atoms with Gasteiger partial charge in [-0.1, -0.05) is 25.1 Å². The molecule has 1 aromatic carbocycles. The largest absolute Gasteiger partial charge is 0.306 e. The lowest BCUT2D eigenvalue weighted by Crippen LogP contribution is -2.24. The van der Waals surface area contributed by atoms with Gasteiger partial charge in [0.2, 0.25) is 0 Å². The van der Waals surface area contributed by atoms with Crippen molar-refractivity contribution in [2.24, 2.45) is 0 Å². The molecule has 1 aromatic heterocycles. The van der Waals surface area contributed by atoms with Crippen LogP contribution in [0.5, 0.6) is 0 Å². The van der Waals surface area contributed by atoms with Crippen molar-refractivity contribution in [1.82, 2.24) is 15.3 Å². The van der Waals surface area contributed by atoms with Crippen LogP contribution in [-0.2, 0) is 0 Å². The summed E-state index contributed by atoms with van der Waals surface area (Å²) in [5, 5.41) is 3.59. The Bertz CT molecular complexity index is 523. The highest BCUT2D eigenvalue weighted by Gasteiger charge is 2.16. The van der Waals surface area contributed by atoms with Crippen LogP contribution in [0.4, 0.5) is 0 Å². The molecule has 0 aliphatic carbocycles. The van der Waals surface area contributed by atoms with Crippen LogP contribution in [0.3, 0.4) is 0 Å². The third-order valence-electron chi connectivity index (χ3n) is 3.47. The number of hydrogen-bond donors (Lipinski definition) is 1. The van der Waals surface area contributed by atoms with Crippen LogP contribution in [0.2, 0.25) is 0 Å². The number of hydrogen-bond acceptors (Lipinski definition) is 3. The van der Waals surface area contributed by atoms with E-state index in [-0.39, 0.29) is 6.04 Å². The molecule has 3 nitrogen and oxygen atoms in total. The van der Waals surface area contributed by atoms with Gasteiger partial charge in [0, 0.05) is 18.0 Å². The maximum atomic E-state index is 4.14. The van der Waals surface area contributed by atoms with E-state index in [0.717, 1.165) is 18.5 Å². The predicted molar refractivity (Wildman–Crippen MR) is 78.1 cm³/mol. The molecule has 0 aliphatic heterocycles. The smallest absolute Gasteiger partial charge is 0.115 e. The Labute approximate surface area is 115 Å². The SMILES string of the molecule is CCCNC(c1cncnc1)c1cccc(C)c1C. The van der Waals surface area contributed by atoms with E-state index in [9.17, 15) is 0 Å². The third-order valence-corrected chi connectivity index (χ3v) is 3.47. The van der Waals surface area contributed by atoms with Crippen molar-refractivity contribution >= 4 is 0 Å². The normalized spacial score (nSPS) is 12.4. The second kappa shape index (κ2) is 6.43. The summed E-state index contributed by atoms with van der Waals surface area (Å²) in [6.07, 6.45) is 6.46. The van der Waals surface area contributed by atoms with Crippen molar-refractivity contribution in [2.75, 3.05) is 6.54 Å². The standard InChI is InChI=1S/C16H21N3/c1-4-8-19-16(14-9-17-11-18-10-14)15-7-5-6-12(2)13(15)3/h5-7,9-11,16,19H,4,8H2,1-3H3. The van der Waals surface area contributed by atoms with Gasteiger partial charge >= 0.3 is 0 Å². The number of nitrogens with zero attached hydrogens (tertiary/aromatic N) is 2. The van der Waals surface area contributed by atoms with Crippen molar-refractivity contribution in [1.29, 1.82) is 0 Å². The van der Waals surface area contributed by atoms with E-state index in [4.69, 9.17) is 0 Å². The van der Waals surface area contributed by atoms with E-state index in [2.05, 4.69) is 54.3 Å². The lowest BCUT2D eigenvalue weighted by atomic mass is 9.94. The molecule has 2 aromatic rings. The van der Waals surface area contributed by atoms with E-state index in [1.54, 1.807) is 6.33 Å². The molecule has 1 N–H and O–H groups in total. The zero-order chi connectivity index (χ0) is 13.7. The highest BCUT2D eigenvalue weighted by Crippen LogP contribution is 2.25. The maximum Gasteiger partial charge on any atom is 0.115 e. The van der Waals surface area contributed by atoms with E-state index >= 15 is 0 Å². The van der Waals surface area contributed by atoms with E-state index in [0.29, 0.717) is 0 Å². The van der Waals surface area contributed by atoms with Crippen LogP contribution < -0.4 is 5.32 Å². The third kappa shape index (κ3) is 3.18. The molecule has 1 heterocycles. The molecule has 3 heteroatoms. The first-order valence-corrected chi connectivity index (χ1v) is 6.78. The number of aryl methyl sites for hydroxylation is 1. The van der Waals surface area contributed by atoms with Crippen LogP contribution in [0.1, 0.15) is 41.6 Å². The monoisotopic (exact) mass is 255 g/mol. The van der Waals surface area contributed by atoms with Crippen molar-refractivity contribution < 1.29 is 0 Å². The Morgan fingerprint density at radius 1 is 1.16 bits per heavy atom. The fourth-order valence-corrected chi connectivity index (χ4v) is 2.24. The average molecular weight is 255 g/mol. The molecular weight excluding hydrogens is 234 g/mol. The van der Waals surface area contributed by atoms with Crippen molar-refractivity contribution in [3.63, 3.8) is 0 Å². The molecule has 0 saturated heterocycles. The second-order valence-corrected chi connectivity index (χ2v) is 4.85. The van der Waals surface area contributed by atoms with Crippen LogP contribution >= 0.6 is 0 Å². The minimum absolute atomic E-state index is 0.168. The summed E-state index contributed by atoms with van der Waals surface area (Å²) < 4.78 is 0. The van der Waals surface area contributed by atoms with Crippen LogP contribution in [-0.4, -0.2) is 16.5 Å². The zero-order valence-electron chi connectivity index (χ0n) is 11.9. The molecule has 0 amide bonds. The van der Waals surface area contributed by atoms with Gasteiger partial charge in [-0.2, -0.15) is 0 Å². The van der Waals surface area contributed by atoms with Gasteiger partial charge < -0.3 is 5.32 Å². The topological polar surface area (TPSA) is 37.8 Å². The quantitative estimate of drug-likeness (QED) is 0.891. The lowest BCUT2D eigenvalue weighted by molar-refractivity contribution is 0.592. The van der Waals surface area contributed by atoms with Crippen molar-refractivity contribution in [3.8, 4) is 0 Å². The molecule has 1 atom stereocenters. The zero-order valence-corrected chi connectivity index (χ0v) is 11.9. The number of benzene rings is 1. The first-order chi connectivity index (χ1) is 9.24. The number of aromatic nitrogens is 2. The first-order valence-electron chi connectivity index (χ1n) is 6.78. The summed E-state index contributed by atoms with van der Waals surface area (Å²) in [4.78, 5) is 8.28. The van der Waals surface area contributed by atoms with Gasteiger partial charge in [0.1, 0.15) is 6.33 Å². The molecule has 0 bridgehead atoms. The molecule has 0 fully saturated rings.